The smallest absolute Gasteiger partial charge is 0.185 e. The fourth-order valence-corrected chi connectivity index (χ4v) is 6.26. The summed E-state index contributed by atoms with van der Waals surface area (Å²) in [6.45, 7) is 10.2. The lowest BCUT2D eigenvalue weighted by Gasteiger charge is -2.43. The fourth-order valence-electron chi connectivity index (χ4n) is 5.21. The molecule has 0 amide bonds. The topological polar surface area (TPSA) is 27.7 Å². The summed E-state index contributed by atoms with van der Waals surface area (Å²) in [5, 5.41) is 0. The van der Waals surface area contributed by atoms with Crippen molar-refractivity contribution in [1.82, 2.24) is 0 Å². The van der Waals surface area contributed by atoms with Crippen LogP contribution in [0.25, 0.3) is 6.08 Å². The van der Waals surface area contributed by atoms with Crippen LogP contribution in [-0.2, 0) is 14.2 Å². The van der Waals surface area contributed by atoms with Gasteiger partial charge in [0.1, 0.15) is 0 Å². The van der Waals surface area contributed by atoms with Crippen LogP contribution in [0.3, 0.4) is 0 Å². The van der Waals surface area contributed by atoms with Crippen LogP contribution in [0.2, 0.25) is 0 Å². The third-order valence-electron chi connectivity index (χ3n) is 6.69. The van der Waals surface area contributed by atoms with E-state index in [4.69, 9.17) is 14.2 Å². The van der Waals surface area contributed by atoms with Gasteiger partial charge in [-0.2, -0.15) is 0 Å². The molecule has 0 unspecified atom stereocenters. The van der Waals surface area contributed by atoms with Gasteiger partial charge in [-0.25, -0.2) is 0 Å². The lowest BCUT2D eigenvalue weighted by molar-refractivity contribution is -0.111. The number of benzene rings is 1. The van der Waals surface area contributed by atoms with E-state index >= 15 is 0 Å². The molecular formula is C25H32Br2O3. The summed E-state index contributed by atoms with van der Waals surface area (Å²) >= 11 is 7.44. The summed E-state index contributed by atoms with van der Waals surface area (Å²) < 4.78 is 19.9. The molecule has 30 heavy (non-hydrogen) atoms. The molecule has 1 aromatic carbocycles. The van der Waals surface area contributed by atoms with E-state index in [0.717, 1.165) is 32.9 Å². The maximum Gasteiger partial charge on any atom is 0.185 e. The molecule has 0 bridgehead atoms. The van der Waals surface area contributed by atoms with Crippen LogP contribution in [0.1, 0.15) is 64.4 Å². The van der Waals surface area contributed by atoms with Gasteiger partial charge in [-0.15, -0.1) is 0 Å². The molecule has 1 aromatic rings. The highest BCUT2D eigenvalue weighted by molar-refractivity contribution is 9.11. The average molecular weight is 540 g/mol. The predicted octanol–water partition coefficient (Wildman–Crippen LogP) is 7.45. The van der Waals surface area contributed by atoms with Gasteiger partial charge in [-0.1, -0.05) is 63.1 Å². The second-order valence-electron chi connectivity index (χ2n) is 9.95. The van der Waals surface area contributed by atoms with Gasteiger partial charge in [0.2, 0.25) is 0 Å². The Morgan fingerprint density at radius 1 is 1.10 bits per heavy atom. The van der Waals surface area contributed by atoms with Gasteiger partial charge in [0, 0.05) is 19.9 Å². The van der Waals surface area contributed by atoms with Crippen LogP contribution in [0.4, 0.5) is 0 Å². The molecule has 1 aliphatic heterocycles. The Bertz CT molecular complexity index is 836. The molecule has 3 nitrogen and oxygen atoms in total. The monoisotopic (exact) mass is 538 g/mol. The highest BCUT2D eigenvalue weighted by atomic mass is 79.9. The molecular weight excluding hydrogens is 508 g/mol. The second-order valence-corrected chi connectivity index (χ2v) is 11.7. The number of hydrogen-bond acceptors (Lipinski definition) is 3. The normalized spacial score (nSPS) is 32.3. The first-order valence-corrected chi connectivity index (χ1v) is 12.5. The zero-order chi connectivity index (χ0) is 21.5. The molecule has 1 heterocycles. The van der Waals surface area contributed by atoms with E-state index < -0.39 is 0 Å². The Labute approximate surface area is 197 Å². The number of fused-ring (bicyclic) bond motifs is 1. The largest absolute Gasteiger partial charge is 0.372 e. The highest BCUT2D eigenvalue weighted by Crippen LogP contribution is 2.54. The highest BCUT2D eigenvalue weighted by Gasteiger charge is 2.50. The van der Waals surface area contributed by atoms with Crippen LogP contribution < -0.4 is 0 Å². The van der Waals surface area contributed by atoms with E-state index in [-0.39, 0.29) is 17.3 Å². The van der Waals surface area contributed by atoms with Crippen LogP contribution in [0.15, 0.2) is 39.3 Å². The molecule has 0 N–H and O–H groups in total. The van der Waals surface area contributed by atoms with E-state index in [1.54, 1.807) is 0 Å². The molecule has 0 aromatic heterocycles. The van der Waals surface area contributed by atoms with Gasteiger partial charge in [0.25, 0.3) is 0 Å². The summed E-state index contributed by atoms with van der Waals surface area (Å²) in [5.41, 5.74) is 2.29. The van der Waals surface area contributed by atoms with Crippen LogP contribution in [-0.4, -0.2) is 24.9 Å². The molecule has 5 heteroatoms. The van der Waals surface area contributed by atoms with Gasteiger partial charge >= 0.3 is 0 Å². The summed E-state index contributed by atoms with van der Waals surface area (Å²) in [6, 6.07) is 4.25. The Kier molecular flexibility index (Phi) is 6.68. The quantitative estimate of drug-likeness (QED) is 0.372. The van der Waals surface area contributed by atoms with E-state index in [9.17, 15) is 0 Å². The van der Waals surface area contributed by atoms with Gasteiger partial charge in [-0.3, -0.25) is 0 Å². The molecule has 1 saturated heterocycles. The van der Waals surface area contributed by atoms with Crippen LogP contribution in [0, 0.1) is 17.3 Å². The summed E-state index contributed by atoms with van der Waals surface area (Å²) in [4.78, 5) is 0. The summed E-state index contributed by atoms with van der Waals surface area (Å²) in [6.07, 6.45) is 12.9. The third-order valence-corrected chi connectivity index (χ3v) is 8.06. The zero-order valence-electron chi connectivity index (χ0n) is 18.3. The minimum Gasteiger partial charge on any atom is -0.372 e. The predicted molar refractivity (Wildman–Crippen MR) is 128 cm³/mol. The Hall–Kier alpha value is -0.460. The minimum absolute atomic E-state index is 0.0965. The van der Waals surface area contributed by atoms with Gasteiger partial charge in [-0.05, 0) is 69.6 Å². The van der Waals surface area contributed by atoms with Crippen LogP contribution >= 0.6 is 31.9 Å². The van der Waals surface area contributed by atoms with Crippen molar-refractivity contribution in [2.75, 3.05) is 13.2 Å². The van der Waals surface area contributed by atoms with Crippen molar-refractivity contribution < 1.29 is 14.2 Å². The zero-order valence-corrected chi connectivity index (χ0v) is 21.5. The van der Waals surface area contributed by atoms with Crippen molar-refractivity contribution in [3.8, 4) is 0 Å². The molecule has 164 valence electrons. The maximum atomic E-state index is 6.48. The first-order chi connectivity index (χ1) is 14.2. The molecule has 0 radical (unpaired) electrons. The van der Waals surface area contributed by atoms with E-state index in [1.807, 2.05) is 0 Å². The minimum atomic E-state index is -0.283. The molecule has 4 atom stereocenters. The lowest BCUT2D eigenvalue weighted by atomic mass is 9.66. The van der Waals surface area contributed by atoms with Gasteiger partial charge < -0.3 is 14.2 Å². The first-order valence-electron chi connectivity index (χ1n) is 10.9. The van der Waals surface area contributed by atoms with Crippen molar-refractivity contribution in [2.45, 2.75) is 65.0 Å². The van der Waals surface area contributed by atoms with Crippen molar-refractivity contribution in [3.05, 3.63) is 50.4 Å². The van der Waals surface area contributed by atoms with Crippen molar-refractivity contribution in [3.63, 3.8) is 0 Å². The molecule has 3 aliphatic rings. The Morgan fingerprint density at radius 2 is 1.83 bits per heavy atom. The van der Waals surface area contributed by atoms with E-state index in [1.165, 1.54) is 6.42 Å². The lowest BCUT2D eigenvalue weighted by Crippen LogP contribution is -2.41. The second kappa shape index (κ2) is 8.82. The number of halogens is 2. The summed E-state index contributed by atoms with van der Waals surface area (Å²) in [7, 11) is 0. The number of ether oxygens (including phenoxy) is 3. The number of rotatable bonds is 4. The van der Waals surface area contributed by atoms with Gasteiger partial charge in [0.15, 0.2) is 6.29 Å². The van der Waals surface area contributed by atoms with Crippen LogP contribution in [0.5, 0.6) is 0 Å². The number of allylic oxidation sites excluding steroid dienone is 3. The molecule has 4 rings (SSSR count). The molecule has 0 spiro atoms. The fraction of sp³-hybridized carbons (Fsp3) is 0.600. The van der Waals surface area contributed by atoms with E-state index in [0.29, 0.717) is 31.2 Å². The van der Waals surface area contributed by atoms with Gasteiger partial charge in [0.05, 0.1) is 24.9 Å². The first kappa shape index (κ1) is 22.7. The SMILES string of the molecule is CC(C)(C)O[C@H]1CC[C@H]2[C@H](/C=C\c3cc(Br)c(C4OCCO4)cc3Br)C=CC[C@]12C. The van der Waals surface area contributed by atoms with Crippen molar-refractivity contribution in [1.29, 1.82) is 0 Å². The Morgan fingerprint density at radius 3 is 2.53 bits per heavy atom. The molecule has 2 aliphatic carbocycles. The summed E-state index contributed by atoms with van der Waals surface area (Å²) in [5.74, 6) is 1.05. The van der Waals surface area contributed by atoms with Crippen molar-refractivity contribution >= 4 is 37.9 Å². The standard InChI is InChI=1S/C25H32Br2O3/c1-24(2,3)30-22-10-9-19-16(6-5-11-25(19,22)4)7-8-17-14-21(27)18(15-20(17)26)23-28-12-13-29-23/h5-8,14-16,19,22-23H,9-13H2,1-4H3/b8-7-/t16-,19-,22-,25-/m0/s1. The van der Waals surface area contributed by atoms with Crippen molar-refractivity contribution in [2.24, 2.45) is 17.3 Å². The maximum absolute atomic E-state index is 6.48. The molecule has 2 fully saturated rings. The average Bonchev–Trinajstić information content (AvgIpc) is 3.30. The number of hydrogen-bond donors (Lipinski definition) is 0. The third kappa shape index (κ3) is 4.66. The van der Waals surface area contributed by atoms with E-state index in [2.05, 4.69) is 96.0 Å². The molecule has 1 saturated carbocycles. The Balaban J connectivity index is 1.52.